The van der Waals surface area contributed by atoms with E-state index in [0.29, 0.717) is 13.0 Å². The lowest BCUT2D eigenvalue weighted by Crippen LogP contribution is -2.52. The summed E-state index contributed by atoms with van der Waals surface area (Å²) < 4.78 is 2.06. The van der Waals surface area contributed by atoms with Crippen LogP contribution in [0.2, 0.25) is 0 Å². The van der Waals surface area contributed by atoms with Gasteiger partial charge in [-0.2, -0.15) is 5.10 Å². The molecule has 6 nitrogen and oxygen atoms in total. The number of aliphatic imine (C=N–C) groups is 1. The second-order valence-corrected chi connectivity index (χ2v) is 10.6. The minimum absolute atomic E-state index is 0.00902. The van der Waals surface area contributed by atoms with Gasteiger partial charge in [-0.05, 0) is 35.1 Å². The molecule has 3 heterocycles. The lowest BCUT2D eigenvalue weighted by Gasteiger charge is -2.36. The van der Waals surface area contributed by atoms with Crippen LogP contribution in [-0.4, -0.2) is 45.7 Å². The second kappa shape index (κ2) is 9.28. The Labute approximate surface area is 223 Å². The Hall–Kier alpha value is -4.19. The van der Waals surface area contributed by atoms with Gasteiger partial charge in [-0.25, -0.2) is 4.99 Å². The predicted molar refractivity (Wildman–Crippen MR) is 151 cm³/mol. The molecule has 2 aliphatic heterocycles. The Bertz CT molecular complexity index is 1510. The zero-order valence-corrected chi connectivity index (χ0v) is 21.6. The van der Waals surface area contributed by atoms with Gasteiger partial charge in [0.15, 0.2) is 5.82 Å². The quantitative estimate of drug-likeness (QED) is 0.349. The van der Waals surface area contributed by atoms with Crippen molar-refractivity contribution in [1.82, 2.24) is 14.7 Å². The molecule has 3 aliphatic rings. The molecular formula is C32H31N5O. The van der Waals surface area contributed by atoms with Crippen molar-refractivity contribution in [1.29, 1.82) is 0 Å². The monoisotopic (exact) mass is 501 g/mol. The van der Waals surface area contributed by atoms with Crippen LogP contribution in [-0.2, 0) is 13.0 Å². The van der Waals surface area contributed by atoms with Crippen molar-refractivity contribution in [2.75, 3.05) is 11.9 Å². The lowest BCUT2D eigenvalue weighted by molar-refractivity contribution is 0.0864. The number of carbonyl (C=O) groups is 1. The van der Waals surface area contributed by atoms with Crippen LogP contribution in [0.4, 0.5) is 5.82 Å². The maximum Gasteiger partial charge on any atom is 0.266 e. The number of rotatable bonds is 5. The van der Waals surface area contributed by atoms with Crippen molar-refractivity contribution in [3.05, 3.63) is 107 Å². The average Bonchev–Trinajstić information content (AvgIpc) is 3.52. The zero-order valence-electron chi connectivity index (χ0n) is 21.6. The predicted octanol–water partition coefficient (Wildman–Crippen LogP) is 5.76. The van der Waals surface area contributed by atoms with E-state index in [1.165, 1.54) is 29.5 Å². The van der Waals surface area contributed by atoms with E-state index in [1.807, 2.05) is 19.2 Å². The summed E-state index contributed by atoms with van der Waals surface area (Å²) in [6.45, 7) is 0.607. The fourth-order valence-corrected chi connectivity index (χ4v) is 6.24. The van der Waals surface area contributed by atoms with Crippen LogP contribution in [0.1, 0.15) is 52.9 Å². The van der Waals surface area contributed by atoms with Crippen molar-refractivity contribution in [3.8, 4) is 11.1 Å². The molecule has 0 unspecified atom stereocenters. The third-order valence-corrected chi connectivity index (χ3v) is 8.22. The molecule has 0 radical (unpaired) electrons. The van der Waals surface area contributed by atoms with Crippen LogP contribution in [0.25, 0.3) is 11.1 Å². The third-order valence-electron chi connectivity index (χ3n) is 8.22. The minimum atomic E-state index is -0.00902. The topological polar surface area (TPSA) is 53.7 Å². The summed E-state index contributed by atoms with van der Waals surface area (Å²) in [4.78, 5) is 22.8. The maximum atomic E-state index is 13.8. The van der Waals surface area contributed by atoms with Gasteiger partial charge in [-0.3, -0.25) is 19.3 Å². The summed E-state index contributed by atoms with van der Waals surface area (Å²) in [5.41, 5.74) is 6.41. The van der Waals surface area contributed by atoms with Crippen LogP contribution >= 0.6 is 0 Å². The number of guanidine groups is 1. The molecule has 1 aromatic heterocycles. The lowest BCUT2D eigenvalue weighted by atomic mass is 9.90. The number of hydrogen-bond acceptors (Lipinski definition) is 4. The number of carbonyl (C=O) groups excluding carboxylic acids is 1. The fourth-order valence-electron chi connectivity index (χ4n) is 6.24. The summed E-state index contributed by atoms with van der Waals surface area (Å²) in [7, 11) is 1.86. The highest BCUT2D eigenvalue weighted by Gasteiger charge is 2.48. The van der Waals surface area contributed by atoms with Crippen LogP contribution in [0.5, 0.6) is 0 Å². The number of hydrogen-bond donors (Lipinski definition) is 0. The van der Waals surface area contributed by atoms with Gasteiger partial charge in [0.25, 0.3) is 5.91 Å². The van der Waals surface area contributed by atoms with E-state index in [1.54, 1.807) is 4.90 Å². The first-order chi connectivity index (χ1) is 18.7. The highest BCUT2D eigenvalue weighted by molar-refractivity contribution is 6.19. The molecule has 1 saturated carbocycles. The van der Waals surface area contributed by atoms with Crippen LogP contribution in [0.3, 0.4) is 0 Å². The summed E-state index contributed by atoms with van der Waals surface area (Å²) >= 11 is 0. The maximum absolute atomic E-state index is 13.8. The molecule has 6 heteroatoms. The fraction of sp³-hybridized carbons (Fsp3) is 0.281. The number of benzene rings is 3. The molecule has 7 rings (SSSR count). The first-order valence-electron chi connectivity index (χ1n) is 13.6. The smallest absolute Gasteiger partial charge is 0.266 e. The standard InChI is InChI=1S/C32H31N5O/c1-35-31(38)29-28(20-22-10-4-2-5-11-22)36(21-23-16-18-25(19-17-23)24-12-6-3-7-13-24)34-30(29)37-27-15-9-8-14-26(27)33-32(35)37/h2-7,10-13,16-19,26-27H,8-9,14-15,20-21H2,1H3/t26-,27+/m1/s1. The third kappa shape index (κ3) is 3.83. The van der Waals surface area contributed by atoms with Gasteiger partial charge in [0.2, 0.25) is 5.96 Å². The minimum Gasteiger partial charge on any atom is -0.289 e. The van der Waals surface area contributed by atoms with Crippen LogP contribution in [0.15, 0.2) is 89.9 Å². The molecule has 4 aromatic rings. The van der Waals surface area contributed by atoms with Gasteiger partial charge in [0.05, 0.1) is 24.3 Å². The molecule has 2 atom stereocenters. The van der Waals surface area contributed by atoms with Gasteiger partial charge in [0.1, 0.15) is 5.56 Å². The van der Waals surface area contributed by atoms with E-state index in [4.69, 9.17) is 10.1 Å². The van der Waals surface area contributed by atoms with Crippen LogP contribution in [0, 0.1) is 0 Å². The van der Waals surface area contributed by atoms with E-state index in [0.717, 1.165) is 41.4 Å². The van der Waals surface area contributed by atoms with E-state index in [2.05, 4.69) is 82.4 Å². The van der Waals surface area contributed by atoms with Crippen molar-refractivity contribution >= 4 is 17.7 Å². The van der Waals surface area contributed by atoms with Crippen molar-refractivity contribution < 1.29 is 4.79 Å². The molecule has 0 saturated heterocycles. The van der Waals surface area contributed by atoms with Gasteiger partial charge in [0, 0.05) is 13.5 Å². The summed E-state index contributed by atoms with van der Waals surface area (Å²) in [6.07, 6.45) is 5.20. The molecule has 1 aliphatic carbocycles. The Morgan fingerprint density at radius 2 is 1.50 bits per heavy atom. The number of amides is 1. The highest BCUT2D eigenvalue weighted by Crippen LogP contribution is 2.40. The molecule has 3 aromatic carbocycles. The van der Waals surface area contributed by atoms with E-state index in [-0.39, 0.29) is 18.0 Å². The number of anilines is 1. The Morgan fingerprint density at radius 1 is 0.816 bits per heavy atom. The molecule has 0 bridgehead atoms. The Kier molecular flexibility index (Phi) is 5.61. The molecule has 1 fully saturated rings. The molecule has 0 spiro atoms. The number of fused-ring (bicyclic) bond motifs is 5. The van der Waals surface area contributed by atoms with Crippen molar-refractivity contribution in [2.45, 2.75) is 50.7 Å². The first-order valence-corrected chi connectivity index (χ1v) is 13.6. The van der Waals surface area contributed by atoms with E-state index >= 15 is 0 Å². The number of nitrogens with zero attached hydrogens (tertiary/aromatic N) is 5. The molecular weight excluding hydrogens is 470 g/mol. The average molecular weight is 502 g/mol. The zero-order chi connectivity index (χ0) is 25.6. The first kappa shape index (κ1) is 23.0. The van der Waals surface area contributed by atoms with Gasteiger partial charge >= 0.3 is 0 Å². The van der Waals surface area contributed by atoms with Gasteiger partial charge in [-0.1, -0.05) is 97.8 Å². The highest BCUT2D eigenvalue weighted by atomic mass is 16.2. The van der Waals surface area contributed by atoms with Crippen LogP contribution < -0.4 is 4.90 Å². The van der Waals surface area contributed by atoms with E-state index in [9.17, 15) is 4.79 Å². The van der Waals surface area contributed by atoms with Gasteiger partial charge in [-0.15, -0.1) is 0 Å². The summed E-state index contributed by atoms with van der Waals surface area (Å²) in [5, 5.41) is 5.16. The second-order valence-electron chi connectivity index (χ2n) is 10.6. The van der Waals surface area contributed by atoms with Gasteiger partial charge < -0.3 is 0 Å². The largest absolute Gasteiger partial charge is 0.289 e. The Morgan fingerprint density at radius 3 is 2.26 bits per heavy atom. The Balaban J connectivity index is 1.30. The SMILES string of the molecule is CN1C(=O)c2c(nn(Cc3ccc(-c4ccccc4)cc3)c2Cc2ccccc2)N2C1=N[C@@H]1CCCC[C@@H]12. The molecule has 0 N–H and O–H groups in total. The normalized spacial score (nSPS) is 20.1. The van der Waals surface area contributed by atoms with Crippen molar-refractivity contribution in [3.63, 3.8) is 0 Å². The number of aromatic nitrogens is 2. The molecule has 190 valence electrons. The summed E-state index contributed by atoms with van der Waals surface area (Å²) in [6, 6.07) is 30.0. The molecule has 1 amide bonds. The van der Waals surface area contributed by atoms with Crippen molar-refractivity contribution in [2.24, 2.45) is 4.99 Å². The van der Waals surface area contributed by atoms with E-state index < -0.39 is 0 Å². The molecule has 38 heavy (non-hydrogen) atoms. The summed E-state index contributed by atoms with van der Waals surface area (Å²) in [5.74, 6) is 1.54.